The van der Waals surface area contributed by atoms with E-state index in [-0.39, 0.29) is 34.8 Å². The van der Waals surface area contributed by atoms with Gasteiger partial charge in [-0.05, 0) is 35.9 Å². The Bertz CT molecular complexity index is 916. The Morgan fingerprint density at radius 1 is 1.26 bits per heavy atom. The lowest BCUT2D eigenvalue weighted by Crippen LogP contribution is -2.08. The molecule has 6 nitrogen and oxygen atoms in total. The van der Waals surface area contributed by atoms with Gasteiger partial charge in [0.2, 0.25) is 5.82 Å². The van der Waals surface area contributed by atoms with E-state index >= 15 is 0 Å². The number of aromatic nitrogens is 3. The molecular weight excluding hydrogens is 376 g/mol. The Balaban J connectivity index is 1.65. The third-order valence-corrected chi connectivity index (χ3v) is 4.33. The number of hydrogen-bond acceptors (Lipinski definition) is 7. The predicted molar refractivity (Wildman–Crippen MR) is 94.3 cm³/mol. The van der Waals surface area contributed by atoms with Crippen LogP contribution in [-0.2, 0) is 17.8 Å². The Morgan fingerprint density at radius 3 is 2.74 bits per heavy atom. The van der Waals surface area contributed by atoms with E-state index < -0.39 is 11.7 Å². The zero-order chi connectivity index (χ0) is 19.2. The van der Waals surface area contributed by atoms with E-state index in [1.807, 2.05) is 24.3 Å². The highest BCUT2D eigenvalue weighted by molar-refractivity contribution is 7.99. The number of benzene rings is 1. The lowest BCUT2D eigenvalue weighted by atomic mass is 10.1. The summed E-state index contributed by atoms with van der Waals surface area (Å²) in [6.07, 6.45) is 2.25. The zero-order valence-electron chi connectivity index (χ0n) is 14.3. The van der Waals surface area contributed by atoms with Gasteiger partial charge < -0.3 is 9.26 Å². The van der Waals surface area contributed by atoms with Gasteiger partial charge in [0, 0.05) is 11.8 Å². The highest BCUT2D eigenvalue weighted by Gasteiger charge is 2.19. The maximum atomic E-state index is 12.6. The third kappa shape index (κ3) is 4.88. The normalized spacial score (nSPS) is 11.0. The second-order valence-electron chi connectivity index (χ2n) is 5.37. The van der Waals surface area contributed by atoms with Crippen LogP contribution in [0.1, 0.15) is 28.7 Å². The average molecular weight is 391 g/mol. The largest absolute Gasteiger partial charge is 0.452 e. The molecule has 2 heterocycles. The first kappa shape index (κ1) is 19.0. The van der Waals surface area contributed by atoms with Crippen LogP contribution in [0.5, 0.6) is 0 Å². The molecule has 0 atom stereocenters. The van der Waals surface area contributed by atoms with Crippen LogP contribution < -0.4 is 0 Å². The number of esters is 1. The number of carbonyl (C=O) groups excluding carboxylic acids is 1. The number of alkyl halides is 2. The predicted octanol–water partition coefficient (Wildman–Crippen LogP) is 4.37. The number of carbonyl (C=O) groups is 1. The molecule has 1 aromatic carbocycles. The number of nitrogens with zero attached hydrogens (tertiary/aromatic N) is 3. The van der Waals surface area contributed by atoms with Crippen LogP contribution in [0, 0.1) is 0 Å². The Labute approximate surface area is 158 Å². The summed E-state index contributed by atoms with van der Waals surface area (Å²) in [5, 5.41) is 3.76. The first-order valence-electron chi connectivity index (χ1n) is 8.05. The quantitative estimate of drug-likeness (QED) is 0.437. The molecule has 9 heteroatoms. The lowest BCUT2D eigenvalue weighted by molar-refractivity contribution is 0.0424. The van der Waals surface area contributed by atoms with Gasteiger partial charge in [0.15, 0.2) is 6.61 Å². The number of thioether (sulfide) groups is 1. The van der Waals surface area contributed by atoms with Gasteiger partial charge in [0.1, 0.15) is 5.03 Å². The van der Waals surface area contributed by atoms with Crippen LogP contribution >= 0.6 is 11.8 Å². The Kier molecular flexibility index (Phi) is 6.12. The van der Waals surface area contributed by atoms with E-state index in [0.29, 0.717) is 5.82 Å². The van der Waals surface area contributed by atoms with Crippen LogP contribution in [0.4, 0.5) is 8.78 Å². The summed E-state index contributed by atoms with van der Waals surface area (Å²) < 4.78 is 35.3. The fourth-order valence-corrected chi connectivity index (χ4v) is 2.82. The van der Waals surface area contributed by atoms with Crippen molar-refractivity contribution in [2.24, 2.45) is 0 Å². The van der Waals surface area contributed by atoms with Crippen molar-refractivity contribution in [1.29, 1.82) is 0 Å². The second-order valence-corrected chi connectivity index (χ2v) is 6.35. The highest BCUT2D eigenvalue weighted by atomic mass is 32.2. The van der Waals surface area contributed by atoms with E-state index in [1.165, 1.54) is 23.9 Å². The van der Waals surface area contributed by atoms with Gasteiger partial charge in [0.25, 0.3) is 11.6 Å². The standard InChI is InChI=1S/C18H15F2N3O3S/c1-2-11-5-7-12(8-6-11)15-22-14(26-23-15)10-25-17(24)13-4-3-9-21-16(13)27-18(19)20/h3-9,18H,2,10H2,1H3. The van der Waals surface area contributed by atoms with E-state index in [9.17, 15) is 13.6 Å². The minimum atomic E-state index is -2.69. The summed E-state index contributed by atoms with van der Waals surface area (Å²) in [4.78, 5) is 20.1. The number of hydrogen-bond donors (Lipinski definition) is 0. The number of aryl methyl sites for hydroxylation is 1. The van der Waals surface area contributed by atoms with Crippen molar-refractivity contribution in [3.05, 3.63) is 59.6 Å². The summed E-state index contributed by atoms with van der Waals surface area (Å²) in [6, 6.07) is 10.5. The fraction of sp³-hybridized carbons (Fsp3) is 0.222. The van der Waals surface area contributed by atoms with Gasteiger partial charge in [-0.25, -0.2) is 9.78 Å². The van der Waals surface area contributed by atoms with Crippen molar-refractivity contribution in [1.82, 2.24) is 15.1 Å². The molecule has 0 radical (unpaired) electrons. The molecule has 0 bridgehead atoms. The molecule has 2 aromatic heterocycles. The lowest BCUT2D eigenvalue weighted by Gasteiger charge is -2.06. The Morgan fingerprint density at radius 2 is 2.04 bits per heavy atom. The topological polar surface area (TPSA) is 78.1 Å². The van der Waals surface area contributed by atoms with Crippen LogP contribution in [0.3, 0.4) is 0 Å². The molecule has 27 heavy (non-hydrogen) atoms. The van der Waals surface area contributed by atoms with Crippen LogP contribution in [0.25, 0.3) is 11.4 Å². The molecule has 0 aliphatic heterocycles. The van der Waals surface area contributed by atoms with Crippen LogP contribution in [0.2, 0.25) is 0 Å². The molecule has 140 valence electrons. The molecule has 0 amide bonds. The van der Waals surface area contributed by atoms with Crippen LogP contribution in [0.15, 0.2) is 52.1 Å². The van der Waals surface area contributed by atoms with Crippen molar-refractivity contribution in [3.63, 3.8) is 0 Å². The van der Waals surface area contributed by atoms with Crippen LogP contribution in [-0.4, -0.2) is 26.9 Å². The summed E-state index contributed by atoms with van der Waals surface area (Å²) >= 11 is 0.183. The monoisotopic (exact) mass is 391 g/mol. The average Bonchev–Trinajstić information content (AvgIpc) is 3.15. The highest BCUT2D eigenvalue weighted by Crippen LogP contribution is 2.27. The van der Waals surface area contributed by atoms with Crippen molar-refractivity contribution in [2.45, 2.75) is 30.7 Å². The smallest absolute Gasteiger partial charge is 0.341 e. The van der Waals surface area contributed by atoms with Gasteiger partial charge in [0.05, 0.1) is 5.56 Å². The number of halogens is 2. The maximum absolute atomic E-state index is 12.6. The molecule has 3 aromatic rings. The van der Waals surface area contributed by atoms with Gasteiger partial charge in [-0.1, -0.05) is 36.3 Å². The maximum Gasteiger partial charge on any atom is 0.341 e. The van der Waals surface area contributed by atoms with Gasteiger partial charge in [-0.15, -0.1) is 0 Å². The summed E-state index contributed by atoms with van der Waals surface area (Å²) in [5.74, 6) is -3.01. The van der Waals surface area contributed by atoms with Gasteiger partial charge >= 0.3 is 5.97 Å². The third-order valence-electron chi connectivity index (χ3n) is 3.61. The molecular formula is C18H15F2N3O3S. The summed E-state index contributed by atoms with van der Waals surface area (Å²) in [7, 11) is 0. The second kappa shape index (κ2) is 8.72. The fourth-order valence-electron chi connectivity index (χ4n) is 2.25. The molecule has 3 rings (SSSR count). The van der Waals surface area contributed by atoms with Gasteiger partial charge in [-0.3, -0.25) is 0 Å². The first-order chi connectivity index (χ1) is 13.1. The van der Waals surface area contributed by atoms with E-state index in [0.717, 1.165) is 12.0 Å². The minimum absolute atomic E-state index is 0.0438. The van der Waals surface area contributed by atoms with Gasteiger partial charge in [-0.2, -0.15) is 13.8 Å². The van der Waals surface area contributed by atoms with Crippen molar-refractivity contribution in [2.75, 3.05) is 0 Å². The number of pyridine rings is 1. The number of rotatable bonds is 7. The number of ether oxygens (including phenoxy) is 1. The molecule has 0 fully saturated rings. The zero-order valence-corrected chi connectivity index (χ0v) is 15.1. The van der Waals surface area contributed by atoms with Crippen molar-refractivity contribution >= 4 is 17.7 Å². The molecule has 0 saturated carbocycles. The van der Waals surface area contributed by atoms with Crippen molar-refractivity contribution in [3.8, 4) is 11.4 Å². The SMILES string of the molecule is CCc1ccc(-c2noc(COC(=O)c3cccnc3SC(F)F)n2)cc1. The summed E-state index contributed by atoms with van der Waals surface area (Å²) in [6.45, 7) is 1.79. The molecule has 0 spiro atoms. The van der Waals surface area contributed by atoms with E-state index in [2.05, 4.69) is 22.0 Å². The molecule has 0 saturated heterocycles. The van der Waals surface area contributed by atoms with E-state index in [1.54, 1.807) is 0 Å². The molecule has 0 aliphatic carbocycles. The van der Waals surface area contributed by atoms with Crippen molar-refractivity contribution < 1.29 is 22.8 Å². The first-order valence-corrected chi connectivity index (χ1v) is 8.93. The molecule has 0 unspecified atom stereocenters. The van der Waals surface area contributed by atoms with E-state index in [4.69, 9.17) is 9.26 Å². The molecule has 0 N–H and O–H groups in total. The minimum Gasteiger partial charge on any atom is -0.452 e. The molecule has 0 aliphatic rings. The summed E-state index contributed by atoms with van der Waals surface area (Å²) in [5.41, 5.74) is 1.92. The Hall–Kier alpha value is -2.81.